The van der Waals surface area contributed by atoms with Gasteiger partial charge in [-0.1, -0.05) is 0 Å². The normalized spacial score (nSPS) is 8.80. The van der Waals surface area contributed by atoms with Gasteiger partial charge in [-0.25, -0.2) is 16.8 Å². The molecule has 0 amide bonds. The van der Waals surface area contributed by atoms with Crippen molar-refractivity contribution in [1.29, 1.82) is 5.53 Å². The molecule has 10 heavy (non-hydrogen) atoms. The van der Waals surface area contributed by atoms with Gasteiger partial charge in [0.2, 0.25) is 5.96 Å². The minimum absolute atomic E-state index is 0.111. The Labute approximate surface area is 56.6 Å². The zero-order chi connectivity index (χ0) is 8.57. The molecule has 0 aromatic rings. The van der Waals surface area contributed by atoms with E-state index in [0.717, 1.165) is 0 Å². The maximum Gasteiger partial charge on any atom is 0.242 e. The topological polar surface area (TPSA) is 180 Å². The molecule has 0 aliphatic carbocycles. The van der Waals surface area contributed by atoms with Gasteiger partial charge in [0.1, 0.15) is 0 Å². The predicted molar refractivity (Wildman–Crippen MR) is 35.5 cm³/mol. The van der Waals surface area contributed by atoms with Crippen molar-refractivity contribution < 1.29 is 0 Å². The molecule has 0 fully saturated rings. The molecule has 0 rings (SSSR count). The van der Waals surface area contributed by atoms with E-state index in [1.807, 2.05) is 0 Å². The molecule has 9 heteroatoms. The van der Waals surface area contributed by atoms with Crippen molar-refractivity contribution in [2.24, 2.45) is 28.4 Å². The van der Waals surface area contributed by atoms with Crippen LogP contribution in [0.2, 0.25) is 0 Å². The summed E-state index contributed by atoms with van der Waals surface area (Å²) < 4.78 is 0. The summed E-state index contributed by atoms with van der Waals surface area (Å²) in [5.74, 6) is 14.2. The lowest BCUT2D eigenvalue weighted by atomic mass is 11.0. The van der Waals surface area contributed by atoms with Gasteiger partial charge in [-0.3, -0.25) is 0 Å². The minimum Gasteiger partial charge on any atom is -0.366 e. The molecule has 0 radical (unpaired) electrons. The van der Waals surface area contributed by atoms with E-state index in [1.165, 1.54) is 0 Å². The van der Waals surface area contributed by atoms with Gasteiger partial charge in [0.25, 0.3) is 0 Å². The fraction of sp³-hybridized carbons (Fsp3) is 0. The van der Waals surface area contributed by atoms with Crippen LogP contribution in [0.3, 0.4) is 0 Å². The molecule has 0 bridgehead atoms. The molecule has 58 valence electrons. The van der Waals surface area contributed by atoms with Crippen LogP contribution in [0, 0.1) is 5.53 Å². The summed E-state index contributed by atoms with van der Waals surface area (Å²) in [4.78, 5) is 1.75. The van der Waals surface area contributed by atoms with Crippen LogP contribution in [0.25, 0.3) is 10.4 Å². The van der Waals surface area contributed by atoms with Crippen LogP contribution in [0.5, 0.6) is 0 Å². The Morgan fingerprint density at radius 3 is 1.90 bits per heavy atom. The van der Waals surface area contributed by atoms with E-state index >= 15 is 0 Å². The monoisotopic (exact) mass is 147 g/mol. The molecule has 9 nitrogen and oxygen atoms in total. The highest BCUT2D eigenvalue weighted by atomic mass is 15.6. The molecular weight excluding hydrogens is 138 g/mol. The third-order valence-electron chi connectivity index (χ3n) is 0.397. The Hall–Kier alpha value is -1.70. The maximum atomic E-state index is 6.86. The van der Waals surface area contributed by atoms with Gasteiger partial charge in [0.15, 0.2) is 0 Å². The molecule has 0 aromatic heterocycles. The third kappa shape index (κ3) is 9.57. The van der Waals surface area contributed by atoms with Gasteiger partial charge in [-0.15, -0.1) is 10.6 Å². The van der Waals surface area contributed by atoms with E-state index in [0.29, 0.717) is 5.12 Å². The highest BCUT2D eigenvalue weighted by Crippen LogP contribution is 1.55. The van der Waals surface area contributed by atoms with Crippen molar-refractivity contribution in [3.05, 3.63) is 10.4 Å². The first-order valence-electron chi connectivity index (χ1n) is 1.93. The molecule has 0 heterocycles. The molecule has 0 aliphatic rings. The van der Waals surface area contributed by atoms with Crippen LogP contribution in [-0.4, -0.2) is 11.1 Å². The van der Waals surface area contributed by atoms with Gasteiger partial charge in [-0.05, 0) is 10.4 Å². The van der Waals surface area contributed by atoms with Crippen molar-refractivity contribution in [3.8, 4) is 0 Å². The molecule has 0 spiro atoms. The third-order valence-corrected chi connectivity index (χ3v) is 0.397. The number of nitrogens with one attached hydrogen (secondary N) is 1. The average molecular weight is 147 g/mol. The average Bonchev–Trinajstić information content (AvgIpc) is 1.88. The van der Waals surface area contributed by atoms with Crippen LogP contribution in [0.1, 0.15) is 0 Å². The SMILES string of the molecule is NN=C(N)N(N)N.[N-]=[N+]=N. The fourth-order valence-corrected chi connectivity index (χ4v) is 0.0667. The smallest absolute Gasteiger partial charge is 0.242 e. The molecule has 0 saturated carbocycles. The van der Waals surface area contributed by atoms with E-state index in [4.69, 9.17) is 28.5 Å². The van der Waals surface area contributed by atoms with E-state index < -0.39 is 0 Å². The lowest BCUT2D eigenvalue weighted by Gasteiger charge is -2.06. The zero-order valence-electron chi connectivity index (χ0n) is 5.10. The molecule has 0 aliphatic heterocycles. The fourth-order valence-electron chi connectivity index (χ4n) is 0.0667. The lowest BCUT2D eigenvalue weighted by molar-refractivity contribution is 0.457. The van der Waals surface area contributed by atoms with Crippen LogP contribution < -0.4 is 23.3 Å². The van der Waals surface area contributed by atoms with Crippen LogP contribution in [-0.2, 0) is 0 Å². The lowest BCUT2D eigenvalue weighted by Crippen LogP contribution is -2.48. The number of hydrogen-bond acceptors (Lipinski definition) is 5. The van der Waals surface area contributed by atoms with Crippen molar-refractivity contribution in [3.63, 3.8) is 0 Å². The molecule has 0 unspecified atom stereocenters. The Kier molecular flexibility index (Phi) is 8.14. The van der Waals surface area contributed by atoms with E-state index in [2.05, 4.69) is 10.9 Å². The first-order valence-corrected chi connectivity index (χ1v) is 1.93. The highest BCUT2D eigenvalue weighted by molar-refractivity contribution is 5.76. The summed E-state index contributed by atoms with van der Waals surface area (Å²) >= 11 is 0. The molecule has 0 saturated heterocycles. The summed E-state index contributed by atoms with van der Waals surface area (Å²) in [5, 5.41) is 3.58. The van der Waals surface area contributed by atoms with Crippen molar-refractivity contribution >= 4 is 5.96 Å². The molecular formula is CH9N9. The Morgan fingerprint density at radius 1 is 1.60 bits per heavy atom. The largest absolute Gasteiger partial charge is 0.366 e. The molecule has 0 aromatic carbocycles. The van der Waals surface area contributed by atoms with Gasteiger partial charge >= 0.3 is 0 Å². The summed E-state index contributed by atoms with van der Waals surface area (Å²) in [7, 11) is 0. The quantitative estimate of drug-likeness (QED) is 0.0509. The first-order chi connectivity index (χ1) is 4.59. The van der Waals surface area contributed by atoms with Crippen LogP contribution in [0.4, 0.5) is 0 Å². The van der Waals surface area contributed by atoms with E-state index in [9.17, 15) is 0 Å². The number of hydrazone groups is 1. The van der Waals surface area contributed by atoms with E-state index in [1.54, 1.807) is 4.91 Å². The number of nitrogens with two attached hydrogens (primary N) is 4. The molecule has 9 N–H and O–H groups in total. The number of rotatable bonds is 0. The maximum absolute atomic E-state index is 6.86. The second kappa shape index (κ2) is 7.30. The van der Waals surface area contributed by atoms with Crippen LogP contribution >= 0.6 is 0 Å². The highest BCUT2D eigenvalue weighted by Gasteiger charge is 1.88. The summed E-state index contributed by atoms with van der Waals surface area (Å²) in [6.45, 7) is 0. The summed E-state index contributed by atoms with van der Waals surface area (Å²) in [6.07, 6.45) is 0. The van der Waals surface area contributed by atoms with Gasteiger partial charge in [-0.2, -0.15) is 0 Å². The minimum atomic E-state index is -0.111. The first kappa shape index (κ1) is 11.1. The zero-order valence-corrected chi connectivity index (χ0v) is 5.10. The van der Waals surface area contributed by atoms with Gasteiger partial charge in [0.05, 0.1) is 0 Å². The Morgan fingerprint density at radius 2 is 1.90 bits per heavy atom. The van der Waals surface area contributed by atoms with Crippen LogP contribution in [0.15, 0.2) is 5.10 Å². The summed E-state index contributed by atoms with van der Waals surface area (Å²) in [5.41, 5.74) is 17.2. The van der Waals surface area contributed by atoms with Gasteiger partial charge < -0.3 is 11.6 Å². The van der Waals surface area contributed by atoms with Crippen molar-refractivity contribution in [2.75, 3.05) is 0 Å². The number of hydrazine groups is 2. The Bertz CT molecular complexity index is 126. The van der Waals surface area contributed by atoms with Crippen molar-refractivity contribution in [1.82, 2.24) is 5.12 Å². The van der Waals surface area contributed by atoms with E-state index in [-0.39, 0.29) is 5.96 Å². The van der Waals surface area contributed by atoms with Gasteiger partial charge in [0, 0.05) is 0 Å². The Balaban J connectivity index is 0. The molecule has 0 atom stereocenters. The standard InChI is InChI=1S/CH8N6.HN3/c2-1(6-3)7(4)5;1-3-2/h3-5H2,(H2,2,6);1H. The number of hydrogen-bond donors (Lipinski definition) is 5. The van der Waals surface area contributed by atoms with Crippen molar-refractivity contribution in [2.45, 2.75) is 0 Å². The second-order valence-electron chi connectivity index (χ2n) is 0.995. The predicted octanol–water partition coefficient (Wildman–Crippen LogP) is -1.90. The number of guanidine groups is 1. The second-order valence-corrected chi connectivity index (χ2v) is 0.995. The summed E-state index contributed by atoms with van der Waals surface area (Å²) in [6, 6.07) is 0. The number of nitrogens with zero attached hydrogens (tertiary/aromatic N) is 4.